The summed E-state index contributed by atoms with van der Waals surface area (Å²) in [5.74, 6) is 0.771. The van der Waals surface area contributed by atoms with E-state index in [4.69, 9.17) is 4.74 Å². The number of aryl methyl sites for hydroxylation is 2. The predicted octanol–water partition coefficient (Wildman–Crippen LogP) is 5.34. The molecular weight excluding hydrogens is 302 g/mol. The van der Waals surface area contributed by atoms with Crippen molar-refractivity contribution in [2.24, 2.45) is 0 Å². The van der Waals surface area contributed by atoms with Gasteiger partial charge in [-0.3, -0.25) is 0 Å². The number of pyridine rings is 1. The second-order valence-corrected chi connectivity index (χ2v) is 6.47. The summed E-state index contributed by atoms with van der Waals surface area (Å²) in [7, 11) is 0. The first kappa shape index (κ1) is 14.8. The number of hydrogen-bond donors (Lipinski definition) is 0. The first-order valence-corrected chi connectivity index (χ1v) is 8.26. The molecule has 0 amide bonds. The normalized spacial score (nSPS) is 18.5. The molecule has 1 aromatic rings. The summed E-state index contributed by atoms with van der Waals surface area (Å²) in [4.78, 5) is 4.57. The molecule has 0 spiro atoms. The van der Waals surface area contributed by atoms with Gasteiger partial charge in [-0.15, -0.1) is 0 Å². The van der Waals surface area contributed by atoms with Crippen LogP contribution in [0.3, 0.4) is 0 Å². The minimum absolute atomic E-state index is 0.337. The average molecular weight is 326 g/mol. The summed E-state index contributed by atoms with van der Waals surface area (Å²) in [6, 6.07) is 2.10. The molecule has 0 unspecified atom stereocenters. The second kappa shape index (κ2) is 7.28. The van der Waals surface area contributed by atoms with Gasteiger partial charge in [0.1, 0.15) is 6.10 Å². The minimum Gasteiger partial charge on any atom is -0.474 e. The molecule has 0 bridgehead atoms. The first-order chi connectivity index (χ1) is 9.16. The van der Waals surface area contributed by atoms with Crippen LogP contribution in [0.15, 0.2) is 10.5 Å². The molecular formula is C16H24BrNO. The SMILES string of the molecule is Cc1cc(Br)c(OC2CCCCCCCC2)nc1C. The van der Waals surface area contributed by atoms with E-state index in [1.54, 1.807) is 0 Å². The maximum absolute atomic E-state index is 6.16. The van der Waals surface area contributed by atoms with Crippen molar-refractivity contribution in [3.05, 3.63) is 21.8 Å². The Hall–Kier alpha value is -0.570. The highest BCUT2D eigenvalue weighted by molar-refractivity contribution is 9.10. The summed E-state index contributed by atoms with van der Waals surface area (Å²) in [6.07, 6.45) is 10.7. The highest BCUT2D eigenvalue weighted by Gasteiger charge is 2.15. The Balaban J connectivity index is 2.03. The molecule has 0 aliphatic heterocycles. The molecule has 19 heavy (non-hydrogen) atoms. The van der Waals surface area contributed by atoms with Crippen molar-refractivity contribution in [1.29, 1.82) is 0 Å². The van der Waals surface area contributed by atoms with E-state index < -0.39 is 0 Å². The third kappa shape index (κ3) is 4.48. The fourth-order valence-electron chi connectivity index (χ4n) is 2.60. The van der Waals surface area contributed by atoms with E-state index in [2.05, 4.69) is 33.9 Å². The lowest BCUT2D eigenvalue weighted by Crippen LogP contribution is -2.17. The van der Waals surface area contributed by atoms with Crippen molar-refractivity contribution in [2.45, 2.75) is 71.3 Å². The summed E-state index contributed by atoms with van der Waals surface area (Å²) in [6.45, 7) is 4.12. The maximum Gasteiger partial charge on any atom is 0.228 e. The number of hydrogen-bond acceptors (Lipinski definition) is 2. The zero-order valence-corrected chi connectivity index (χ0v) is 13.6. The van der Waals surface area contributed by atoms with Crippen molar-refractivity contribution in [3.8, 4) is 5.88 Å². The van der Waals surface area contributed by atoms with Gasteiger partial charge in [0.15, 0.2) is 0 Å². The van der Waals surface area contributed by atoms with E-state index in [1.165, 1.54) is 56.9 Å². The molecule has 2 rings (SSSR count). The van der Waals surface area contributed by atoms with Gasteiger partial charge in [0, 0.05) is 5.69 Å². The van der Waals surface area contributed by atoms with Crippen LogP contribution >= 0.6 is 15.9 Å². The quantitative estimate of drug-likeness (QED) is 0.731. The van der Waals surface area contributed by atoms with E-state index >= 15 is 0 Å². The zero-order chi connectivity index (χ0) is 13.7. The fourth-order valence-corrected chi connectivity index (χ4v) is 3.13. The van der Waals surface area contributed by atoms with Gasteiger partial charge in [-0.25, -0.2) is 4.98 Å². The first-order valence-electron chi connectivity index (χ1n) is 7.47. The Bertz CT molecular complexity index is 409. The Morgan fingerprint density at radius 2 is 1.63 bits per heavy atom. The summed E-state index contributed by atoms with van der Waals surface area (Å²) >= 11 is 3.57. The summed E-state index contributed by atoms with van der Waals surface area (Å²) < 4.78 is 7.14. The molecule has 0 saturated heterocycles. The highest BCUT2D eigenvalue weighted by Crippen LogP contribution is 2.28. The van der Waals surface area contributed by atoms with Crippen molar-refractivity contribution < 1.29 is 4.74 Å². The molecule has 1 aliphatic carbocycles. The molecule has 0 N–H and O–H groups in total. The maximum atomic E-state index is 6.16. The van der Waals surface area contributed by atoms with E-state index in [-0.39, 0.29) is 0 Å². The Morgan fingerprint density at radius 3 is 2.26 bits per heavy atom. The molecule has 1 fully saturated rings. The van der Waals surface area contributed by atoms with Crippen LogP contribution in [0.4, 0.5) is 0 Å². The van der Waals surface area contributed by atoms with Crippen LogP contribution in [0.5, 0.6) is 5.88 Å². The van der Waals surface area contributed by atoms with Crippen LogP contribution in [0.25, 0.3) is 0 Å². The van der Waals surface area contributed by atoms with Gasteiger partial charge >= 0.3 is 0 Å². The van der Waals surface area contributed by atoms with E-state index in [0.717, 1.165) is 16.0 Å². The third-order valence-electron chi connectivity index (χ3n) is 3.97. The fraction of sp³-hybridized carbons (Fsp3) is 0.688. The number of rotatable bonds is 2. The lowest BCUT2D eigenvalue weighted by Gasteiger charge is -2.19. The van der Waals surface area contributed by atoms with Gasteiger partial charge < -0.3 is 4.74 Å². The van der Waals surface area contributed by atoms with Crippen molar-refractivity contribution in [3.63, 3.8) is 0 Å². The summed E-state index contributed by atoms with van der Waals surface area (Å²) in [5, 5.41) is 0. The molecule has 106 valence electrons. The van der Waals surface area contributed by atoms with Crippen LogP contribution in [0.1, 0.15) is 62.6 Å². The second-order valence-electron chi connectivity index (χ2n) is 5.62. The van der Waals surface area contributed by atoms with Gasteiger partial charge in [0.25, 0.3) is 0 Å². The van der Waals surface area contributed by atoms with Crippen LogP contribution in [0.2, 0.25) is 0 Å². The van der Waals surface area contributed by atoms with Crippen molar-refractivity contribution in [2.75, 3.05) is 0 Å². The molecule has 0 radical (unpaired) electrons. The van der Waals surface area contributed by atoms with Crippen LogP contribution in [0, 0.1) is 13.8 Å². The van der Waals surface area contributed by atoms with E-state index in [1.807, 2.05) is 6.92 Å². The largest absolute Gasteiger partial charge is 0.474 e. The van der Waals surface area contributed by atoms with E-state index in [9.17, 15) is 0 Å². The predicted molar refractivity (Wildman–Crippen MR) is 82.8 cm³/mol. The summed E-state index contributed by atoms with van der Waals surface area (Å²) in [5.41, 5.74) is 2.26. The topological polar surface area (TPSA) is 22.1 Å². The zero-order valence-electron chi connectivity index (χ0n) is 12.0. The monoisotopic (exact) mass is 325 g/mol. The molecule has 0 atom stereocenters. The molecule has 1 saturated carbocycles. The van der Waals surface area contributed by atoms with Crippen molar-refractivity contribution >= 4 is 15.9 Å². The Kier molecular flexibility index (Phi) is 5.68. The van der Waals surface area contributed by atoms with Gasteiger partial charge in [0.05, 0.1) is 4.47 Å². The number of aromatic nitrogens is 1. The van der Waals surface area contributed by atoms with Crippen LogP contribution in [-0.2, 0) is 0 Å². The van der Waals surface area contributed by atoms with Gasteiger partial charge in [-0.1, -0.05) is 25.7 Å². The lowest BCUT2D eigenvalue weighted by molar-refractivity contribution is 0.167. The highest BCUT2D eigenvalue weighted by atomic mass is 79.9. The number of halogens is 1. The Morgan fingerprint density at radius 1 is 1.05 bits per heavy atom. The van der Waals surface area contributed by atoms with Gasteiger partial charge in [-0.05, 0) is 67.1 Å². The van der Waals surface area contributed by atoms with E-state index in [0.29, 0.717) is 6.10 Å². The lowest BCUT2D eigenvalue weighted by atomic mass is 10.1. The van der Waals surface area contributed by atoms with Crippen LogP contribution in [-0.4, -0.2) is 11.1 Å². The molecule has 1 aromatic heterocycles. The standard InChI is InChI=1S/C16H24BrNO/c1-12-11-15(17)16(18-13(12)2)19-14-9-7-5-3-4-6-8-10-14/h11,14H,3-10H2,1-2H3. The molecule has 3 heteroatoms. The number of ether oxygens (including phenoxy) is 1. The number of nitrogens with zero attached hydrogens (tertiary/aromatic N) is 1. The Labute approximate surface area is 125 Å². The molecule has 2 nitrogen and oxygen atoms in total. The minimum atomic E-state index is 0.337. The van der Waals surface area contributed by atoms with Crippen LogP contribution < -0.4 is 4.74 Å². The van der Waals surface area contributed by atoms with Gasteiger partial charge in [-0.2, -0.15) is 0 Å². The van der Waals surface area contributed by atoms with Crippen molar-refractivity contribution in [1.82, 2.24) is 4.98 Å². The third-order valence-corrected chi connectivity index (χ3v) is 4.54. The average Bonchev–Trinajstić information content (AvgIpc) is 2.50. The molecule has 0 aromatic carbocycles. The van der Waals surface area contributed by atoms with Gasteiger partial charge in [0.2, 0.25) is 5.88 Å². The molecule has 1 heterocycles. The molecule has 1 aliphatic rings. The smallest absolute Gasteiger partial charge is 0.228 e.